The fourth-order valence-corrected chi connectivity index (χ4v) is 2.58. The van der Waals surface area contributed by atoms with Crippen LogP contribution in [0.15, 0.2) is 36.4 Å². The van der Waals surface area contributed by atoms with Gasteiger partial charge in [-0.25, -0.2) is 4.39 Å². The molecule has 0 unspecified atom stereocenters. The highest BCUT2D eigenvalue weighted by Gasteiger charge is 2.08. The first-order chi connectivity index (χ1) is 9.06. The van der Waals surface area contributed by atoms with E-state index in [9.17, 15) is 4.39 Å². The lowest BCUT2D eigenvalue weighted by molar-refractivity contribution is 0.628. The van der Waals surface area contributed by atoms with E-state index in [4.69, 9.17) is 23.8 Å². The summed E-state index contributed by atoms with van der Waals surface area (Å²) in [6, 6.07) is 10.6. The molecule has 1 aromatic heterocycles. The van der Waals surface area contributed by atoms with E-state index >= 15 is 0 Å². The maximum absolute atomic E-state index is 13.2. The molecule has 0 aliphatic heterocycles. The van der Waals surface area contributed by atoms with Gasteiger partial charge in [0.15, 0.2) is 4.77 Å². The fraction of sp³-hybridized carbons (Fsp3) is 0.0714. The smallest absolute Gasteiger partial charge is 0.182 e. The first-order valence-corrected chi connectivity index (χ1v) is 6.52. The fourth-order valence-electron chi connectivity index (χ4n) is 2.09. The second-order valence-electron chi connectivity index (χ2n) is 4.38. The van der Waals surface area contributed by atoms with E-state index in [2.05, 4.69) is 4.98 Å². The van der Waals surface area contributed by atoms with Gasteiger partial charge in [0, 0.05) is 0 Å². The van der Waals surface area contributed by atoms with Gasteiger partial charge in [-0.3, -0.25) is 4.57 Å². The van der Waals surface area contributed by atoms with E-state index in [1.807, 2.05) is 29.7 Å². The summed E-state index contributed by atoms with van der Waals surface area (Å²) in [5.41, 5.74) is 3.76. The molecular formula is C14H10ClFN2S. The maximum atomic E-state index is 13.2. The third kappa shape index (κ3) is 2.07. The van der Waals surface area contributed by atoms with Gasteiger partial charge in [-0.05, 0) is 55.0 Å². The minimum atomic E-state index is -0.437. The summed E-state index contributed by atoms with van der Waals surface area (Å²) in [6.07, 6.45) is 0. The molecule has 0 atom stereocenters. The molecule has 3 rings (SSSR count). The maximum Gasteiger partial charge on any atom is 0.182 e. The lowest BCUT2D eigenvalue weighted by Crippen LogP contribution is -1.94. The second-order valence-corrected chi connectivity index (χ2v) is 5.18. The van der Waals surface area contributed by atoms with Crippen molar-refractivity contribution in [2.45, 2.75) is 6.92 Å². The molecule has 2 aromatic carbocycles. The number of halogens is 2. The molecule has 0 radical (unpaired) electrons. The summed E-state index contributed by atoms with van der Waals surface area (Å²) < 4.78 is 15.7. The molecule has 0 amide bonds. The standard InChI is InChI=1S/C14H10ClFN2S/c1-8-2-5-12-13(6-8)18(14(19)17-12)9-3-4-11(16)10(15)7-9/h2-7H,1H3,(H,17,19). The number of fused-ring (bicyclic) bond motifs is 1. The van der Waals surface area contributed by atoms with Crippen LogP contribution in [0.2, 0.25) is 5.02 Å². The molecule has 0 aliphatic carbocycles. The number of aromatic nitrogens is 2. The average Bonchev–Trinajstić information content (AvgIpc) is 2.68. The molecule has 0 spiro atoms. The molecule has 96 valence electrons. The predicted octanol–water partition coefficient (Wildman–Crippen LogP) is 4.79. The number of hydrogen-bond donors (Lipinski definition) is 1. The summed E-state index contributed by atoms with van der Waals surface area (Å²) in [7, 11) is 0. The van der Waals surface area contributed by atoms with E-state index in [1.54, 1.807) is 12.1 Å². The molecular weight excluding hydrogens is 283 g/mol. The zero-order valence-corrected chi connectivity index (χ0v) is 11.6. The van der Waals surface area contributed by atoms with Gasteiger partial charge in [-0.15, -0.1) is 0 Å². The van der Waals surface area contributed by atoms with E-state index < -0.39 is 5.82 Å². The number of hydrogen-bond acceptors (Lipinski definition) is 1. The lowest BCUT2D eigenvalue weighted by Gasteiger charge is -2.06. The number of nitrogens with one attached hydrogen (secondary N) is 1. The molecule has 0 bridgehead atoms. The van der Waals surface area contributed by atoms with E-state index in [0.717, 1.165) is 22.3 Å². The molecule has 19 heavy (non-hydrogen) atoms. The second kappa shape index (κ2) is 4.47. The van der Waals surface area contributed by atoms with E-state index in [1.165, 1.54) is 6.07 Å². The van der Waals surface area contributed by atoms with Crippen LogP contribution >= 0.6 is 23.8 Å². The van der Waals surface area contributed by atoms with E-state index in [-0.39, 0.29) is 5.02 Å². The van der Waals surface area contributed by atoms with Crippen molar-refractivity contribution in [1.82, 2.24) is 9.55 Å². The van der Waals surface area contributed by atoms with Crippen LogP contribution in [-0.2, 0) is 0 Å². The number of rotatable bonds is 1. The van der Waals surface area contributed by atoms with Crippen molar-refractivity contribution in [2.75, 3.05) is 0 Å². The van der Waals surface area contributed by atoms with Crippen LogP contribution in [0.25, 0.3) is 16.7 Å². The predicted molar refractivity (Wildman–Crippen MR) is 78.2 cm³/mol. The summed E-state index contributed by atoms with van der Waals surface area (Å²) in [5, 5.41) is 0.0846. The summed E-state index contributed by atoms with van der Waals surface area (Å²) in [5.74, 6) is -0.437. The molecule has 5 heteroatoms. The van der Waals surface area contributed by atoms with Crippen LogP contribution in [0.3, 0.4) is 0 Å². The summed E-state index contributed by atoms with van der Waals surface area (Å²) >= 11 is 11.2. The normalized spacial score (nSPS) is 11.1. The Hall–Kier alpha value is -1.65. The average molecular weight is 293 g/mol. The van der Waals surface area contributed by atoms with Gasteiger partial charge < -0.3 is 4.98 Å². The Balaban J connectivity index is 2.35. The first-order valence-electron chi connectivity index (χ1n) is 5.73. The number of H-pyrrole nitrogens is 1. The zero-order chi connectivity index (χ0) is 13.6. The number of aryl methyl sites for hydroxylation is 1. The minimum absolute atomic E-state index is 0.0846. The molecule has 2 nitrogen and oxygen atoms in total. The Labute approximate surface area is 119 Å². The highest BCUT2D eigenvalue weighted by atomic mass is 35.5. The van der Waals surface area contributed by atoms with E-state index in [0.29, 0.717) is 4.77 Å². The van der Waals surface area contributed by atoms with Gasteiger partial charge in [-0.1, -0.05) is 17.7 Å². The molecule has 1 heterocycles. The van der Waals surface area contributed by atoms with Crippen molar-refractivity contribution in [3.8, 4) is 5.69 Å². The number of aromatic amines is 1. The first kappa shape index (κ1) is 12.4. The number of benzene rings is 2. The Bertz CT molecular complexity index is 835. The third-order valence-corrected chi connectivity index (χ3v) is 3.57. The SMILES string of the molecule is Cc1ccc2[nH]c(=S)n(-c3ccc(F)c(Cl)c3)c2c1. The van der Waals surface area contributed by atoms with Crippen LogP contribution in [0, 0.1) is 17.5 Å². The van der Waals surface area contributed by atoms with Gasteiger partial charge in [0.25, 0.3) is 0 Å². The highest BCUT2D eigenvalue weighted by molar-refractivity contribution is 7.71. The molecule has 3 aromatic rings. The molecule has 0 saturated heterocycles. The van der Waals surface area contributed by atoms with Crippen molar-refractivity contribution in [2.24, 2.45) is 0 Å². The van der Waals surface area contributed by atoms with Crippen molar-refractivity contribution >= 4 is 34.9 Å². The van der Waals surface area contributed by atoms with Gasteiger partial charge in [0.05, 0.1) is 21.7 Å². The van der Waals surface area contributed by atoms with Gasteiger partial charge in [0.1, 0.15) is 5.82 Å². The van der Waals surface area contributed by atoms with Crippen LogP contribution in [0.1, 0.15) is 5.56 Å². The Morgan fingerprint density at radius 1 is 1.21 bits per heavy atom. The van der Waals surface area contributed by atoms with Crippen molar-refractivity contribution in [1.29, 1.82) is 0 Å². The molecule has 0 fully saturated rings. The molecule has 0 saturated carbocycles. The topological polar surface area (TPSA) is 20.7 Å². The van der Waals surface area contributed by atoms with Gasteiger partial charge in [0.2, 0.25) is 0 Å². The number of imidazole rings is 1. The van der Waals surface area contributed by atoms with Gasteiger partial charge >= 0.3 is 0 Å². The summed E-state index contributed by atoms with van der Waals surface area (Å²) in [6.45, 7) is 2.01. The lowest BCUT2D eigenvalue weighted by atomic mass is 10.2. The van der Waals surface area contributed by atoms with Crippen LogP contribution in [0.4, 0.5) is 4.39 Å². The third-order valence-electron chi connectivity index (χ3n) is 3.00. The van der Waals surface area contributed by atoms with Gasteiger partial charge in [-0.2, -0.15) is 0 Å². The molecule has 0 aliphatic rings. The molecule has 1 N–H and O–H groups in total. The van der Waals surface area contributed by atoms with Crippen LogP contribution < -0.4 is 0 Å². The minimum Gasteiger partial charge on any atom is -0.330 e. The van der Waals surface area contributed by atoms with Crippen molar-refractivity contribution in [3.63, 3.8) is 0 Å². The Kier molecular flexibility index (Phi) is 2.92. The Morgan fingerprint density at radius 3 is 2.74 bits per heavy atom. The quantitative estimate of drug-likeness (QED) is 0.640. The monoisotopic (exact) mass is 292 g/mol. The van der Waals surface area contributed by atoms with Crippen LogP contribution in [0.5, 0.6) is 0 Å². The summed E-state index contributed by atoms with van der Waals surface area (Å²) in [4.78, 5) is 3.13. The van der Waals surface area contributed by atoms with Crippen LogP contribution in [-0.4, -0.2) is 9.55 Å². The van der Waals surface area contributed by atoms with Crippen molar-refractivity contribution in [3.05, 3.63) is 57.6 Å². The zero-order valence-electron chi connectivity index (χ0n) is 10.1. The highest BCUT2D eigenvalue weighted by Crippen LogP contribution is 2.24. The largest absolute Gasteiger partial charge is 0.330 e. The Morgan fingerprint density at radius 2 is 2.00 bits per heavy atom. The van der Waals surface area contributed by atoms with Crippen molar-refractivity contribution < 1.29 is 4.39 Å². The number of nitrogens with zero attached hydrogens (tertiary/aromatic N) is 1.